The molecule has 2 atom stereocenters. The molecule has 7 nitrogen and oxygen atoms in total. The Hall–Kier alpha value is -2.38. The van der Waals surface area contributed by atoms with Gasteiger partial charge in [0.2, 0.25) is 11.9 Å². The van der Waals surface area contributed by atoms with Crippen LogP contribution in [0.15, 0.2) is 36.7 Å². The summed E-state index contributed by atoms with van der Waals surface area (Å²) in [5.74, 6) is 2.17. The van der Waals surface area contributed by atoms with Gasteiger partial charge in [-0.15, -0.1) is 0 Å². The van der Waals surface area contributed by atoms with E-state index >= 15 is 0 Å². The summed E-state index contributed by atoms with van der Waals surface area (Å²) in [6, 6.07) is 7.56. The molecule has 8 heteroatoms. The number of halogens is 1. The summed E-state index contributed by atoms with van der Waals surface area (Å²) in [6.45, 7) is 6.82. The van der Waals surface area contributed by atoms with Gasteiger partial charge in [-0.1, -0.05) is 11.6 Å². The van der Waals surface area contributed by atoms with Gasteiger partial charge in [-0.25, -0.2) is 9.97 Å². The molecule has 0 radical (unpaired) electrons. The first kappa shape index (κ1) is 21.8. The number of rotatable bonds is 6. The molecule has 2 unspecified atom stereocenters. The van der Waals surface area contributed by atoms with E-state index in [1.807, 2.05) is 24.3 Å². The Bertz CT molecular complexity index is 882. The van der Waals surface area contributed by atoms with Gasteiger partial charge in [0.1, 0.15) is 11.9 Å². The lowest BCUT2D eigenvalue weighted by Gasteiger charge is -2.32. The molecule has 1 saturated heterocycles. The van der Waals surface area contributed by atoms with E-state index in [4.69, 9.17) is 16.3 Å². The van der Waals surface area contributed by atoms with E-state index in [0.29, 0.717) is 30.5 Å². The van der Waals surface area contributed by atoms with Gasteiger partial charge in [-0.05, 0) is 49.9 Å². The number of piperidine rings is 1. The average molecular weight is 444 g/mol. The Labute approximate surface area is 188 Å². The fraction of sp³-hybridized carbons (Fsp3) is 0.522. The maximum absolute atomic E-state index is 12.5. The number of ether oxygens (including phenoxy) is 1. The van der Waals surface area contributed by atoms with E-state index < -0.39 is 0 Å². The SMILES string of the molecule is CC1CN(CCC(=O)NCC2CCCN(c3ncccn3)C2)Cc2cc(Cl)ccc2O1. The van der Waals surface area contributed by atoms with Crippen molar-refractivity contribution >= 4 is 23.5 Å². The van der Waals surface area contributed by atoms with Crippen LogP contribution >= 0.6 is 11.6 Å². The second-order valence-electron chi connectivity index (χ2n) is 8.47. The summed E-state index contributed by atoms with van der Waals surface area (Å²) >= 11 is 6.16. The number of hydrogen-bond donors (Lipinski definition) is 1. The molecule has 0 saturated carbocycles. The van der Waals surface area contributed by atoms with Crippen LogP contribution in [-0.4, -0.2) is 59.6 Å². The van der Waals surface area contributed by atoms with Gasteiger partial charge in [-0.2, -0.15) is 0 Å². The van der Waals surface area contributed by atoms with Crippen LogP contribution in [0.1, 0.15) is 31.7 Å². The quantitative estimate of drug-likeness (QED) is 0.739. The zero-order valence-corrected chi connectivity index (χ0v) is 18.7. The molecule has 2 aliphatic rings. The van der Waals surface area contributed by atoms with Crippen LogP contribution in [-0.2, 0) is 11.3 Å². The number of hydrogen-bond acceptors (Lipinski definition) is 6. The monoisotopic (exact) mass is 443 g/mol. The largest absolute Gasteiger partial charge is 0.489 e. The highest BCUT2D eigenvalue weighted by molar-refractivity contribution is 6.30. The number of anilines is 1. The molecule has 0 aliphatic carbocycles. The topological polar surface area (TPSA) is 70.6 Å². The summed E-state index contributed by atoms with van der Waals surface area (Å²) in [5, 5.41) is 3.84. The molecule has 1 aromatic heterocycles. The Morgan fingerprint density at radius 3 is 2.97 bits per heavy atom. The first-order chi connectivity index (χ1) is 15.1. The number of amides is 1. The van der Waals surface area contributed by atoms with Crippen LogP contribution in [0, 0.1) is 5.92 Å². The highest BCUT2D eigenvalue weighted by Crippen LogP contribution is 2.28. The van der Waals surface area contributed by atoms with Gasteiger partial charge in [0.15, 0.2) is 0 Å². The normalized spacial score (nSPS) is 21.7. The fourth-order valence-corrected chi connectivity index (χ4v) is 4.55. The fourth-order valence-electron chi connectivity index (χ4n) is 4.35. The van der Waals surface area contributed by atoms with Gasteiger partial charge in [-0.3, -0.25) is 9.69 Å². The molecule has 1 aromatic carbocycles. The van der Waals surface area contributed by atoms with Crippen molar-refractivity contribution in [2.24, 2.45) is 5.92 Å². The van der Waals surface area contributed by atoms with Crippen LogP contribution in [0.25, 0.3) is 0 Å². The maximum Gasteiger partial charge on any atom is 0.225 e. The van der Waals surface area contributed by atoms with Crippen LogP contribution in [0.4, 0.5) is 5.95 Å². The van der Waals surface area contributed by atoms with Crippen molar-refractivity contribution in [2.75, 3.05) is 37.6 Å². The lowest BCUT2D eigenvalue weighted by molar-refractivity contribution is -0.121. The van der Waals surface area contributed by atoms with Gasteiger partial charge < -0.3 is 15.0 Å². The van der Waals surface area contributed by atoms with Gasteiger partial charge in [0.25, 0.3) is 0 Å². The molecule has 1 N–H and O–H groups in total. The Morgan fingerprint density at radius 1 is 1.29 bits per heavy atom. The van der Waals surface area contributed by atoms with Crippen molar-refractivity contribution in [3.63, 3.8) is 0 Å². The van der Waals surface area contributed by atoms with Gasteiger partial charge in [0, 0.05) is 68.7 Å². The van der Waals surface area contributed by atoms with Crippen molar-refractivity contribution in [3.8, 4) is 5.75 Å². The molecule has 4 rings (SSSR count). The predicted octanol–water partition coefficient (Wildman–Crippen LogP) is 3.14. The van der Waals surface area contributed by atoms with Crippen LogP contribution < -0.4 is 15.0 Å². The predicted molar refractivity (Wildman–Crippen MR) is 121 cm³/mol. The highest BCUT2D eigenvalue weighted by Gasteiger charge is 2.23. The minimum absolute atomic E-state index is 0.0684. The number of fused-ring (bicyclic) bond motifs is 1. The Morgan fingerprint density at radius 2 is 2.13 bits per heavy atom. The Kier molecular flexibility index (Phi) is 7.25. The summed E-state index contributed by atoms with van der Waals surface area (Å²) in [4.78, 5) is 25.7. The van der Waals surface area contributed by atoms with Crippen molar-refractivity contribution in [3.05, 3.63) is 47.2 Å². The van der Waals surface area contributed by atoms with Crippen molar-refractivity contribution in [2.45, 2.75) is 38.8 Å². The van der Waals surface area contributed by atoms with Gasteiger partial charge >= 0.3 is 0 Å². The van der Waals surface area contributed by atoms with Crippen molar-refractivity contribution < 1.29 is 9.53 Å². The summed E-state index contributed by atoms with van der Waals surface area (Å²) < 4.78 is 6.01. The van der Waals surface area contributed by atoms with E-state index in [1.165, 1.54) is 0 Å². The summed E-state index contributed by atoms with van der Waals surface area (Å²) in [7, 11) is 0. The third-order valence-corrected chi connectivity index (χ3v) is 6.09. The standard InChI is InChI=1S/C23H30ClN5O2/c1-17-14-28(16-19-12-20(24)5-6-21(19)31-17)11-7-22(30)27-13-18-4-2-10-29(15-18)23-25-8-3-9-26-23/h3,5-6,8-9,12,17-18H,2,4,7,10-11,13-16H2,1H3,(H,27,30). The average Bonchev–Trinajstić information content (AvgIpc) is 2.94. The van der Waals surface area contributed by atoms with Crippen molar-refractivity contribution in [1.29, 1.82) is 0 Å². The highest BCUT2D eigenvalue weighted by atomic mass is 35.5. The smallest absolute Gasteiger partial charge is 0.225 e. The number of carbonyl (C=O) groups is 1. The van der Waals surface area contributed by atoms with E-state index in [0.717, 1.165) is 56.3 Å². The summed E-state index contributed by atoms with van der Waals surface area (Å²) in [6.07, 6.45) is 6.29. The first-order valence-electron chi connectivity index (χ1n) is 11.0. The lowest BCUT2D eigenvalue weighted by atomic mass is 9.98. The van der Waals surface area contributed by atoms with E-state index in [1.54, 1.807) is 12.4 Å². The molecule has 31 heavy (non-hydrogen) atoms. The molecule has 3 heterocycles. The number of aromatic nitrogens is 2. The summed E-state index contributed by atoms with van der Waals surface area (Å²) in [5.41, 5.74) is 1.07. The second-order valence-corrected chi connectivity index (χ2v) is 8.91. The molecule has 0 bridgehead atoms. The van der Waals surface area contributed by atoms with Crippen molar-refractivity contribution in [1.82, 2.24) is 20.2 Å². The minimum Gasteiger partial charge on any atom is -0.489 e. The van der Waals surface area contributed by atoms with Crippen LogP contribution in [0.2, 0.25) is 5.02 Å². The number of carbonyl (C=O) groups excluding carboxylic acids is 1. The number of benzene rings is 1. The maximum atomic E-state index is 12.5. The Balaban J connectivity index is 1.24. The molecule has 166 valence electrons. The molecule has 1 fully saturated rings. The molecular formula is C23H30ClN5O2. The number of nitrogens with one attached hydrogen (secondary N) is 1. The third-order valence-electron chi connectivity index (χ3n) is 5.86. The van der Waals surface area contributed by atoms with E-state index in [2.05, 4.69) is 32.0 Å². The van der Waals surface area contributed by atoms with E-state index in [9.17, 15) is 4.79 Å². The zero-order chi connectivity index (χ0) is 21.6. The number of nitrogens with zero attached hydrogens (tertiary/aromatic N) is 4. The van der Waals surface area contributed by atoms with Gasteiger partial charge in [0.05, 0.1) is 0 Å². The molecular weight excluding hydrogens is 414 g/mol. The third kappa shape index (κ3) is 6.08. The van der Waals surface area contributed by atoms with E-state index in [-0.39, 0.29) is 12.0 Å². The molecule has 0 spiro atoms. The lowest BCUT2D eigenvalue weighted by Crippen LogP contribution is -2.42. The van der Waals surface area contributed by atoms with Crippen LogP contribution in [0.3, 0.4) is 0 Å². The molecule has 1 amide bonds. The molecule has 2 aliphatic heterocycles. The first-order valence-corrected chi connectivity index (χ1v) is 11.4. The second kappa shape index (κ2) is 10.3. The zero-order valence-electron chi connectivity index (χ0n) is 18.0. The van der Waals surface area contributed by atoms with Crippen LogP contribution in [0.5, 0.6) is 5.75 Å². The molecule has 2 aromatic rings. The minimum atomic E-state index is 0.0684.